The summed E-state index contributed by atoms with van der Waals surface area (Å²) >= 11 is 0. The normalized spacial score (nSPS) is 9.20. The molecule has 1 nitrogen and oxygen atoms in total. The highest BCUT2D eigenvalue weighted by Crippen LogP contribution is 2.17. The van der Waals surface area contributed by atoms with Crippen molar-refractivity contribution in [1.82, 2.24) is 0 Å². The van der Waals surface area contributed by atoms with Crippen molar-refractivity contribution in [2.24, 2.45) is 0 Å². The van der Waals surface area contributed by atoms with E-state index in [0.29, 0.717) is 6.42 Å². The molecule has 0 bridgehead atoms. The van der Waals surface area contributed by atoms with Crippen LogP contribution in [0.15, 0.2) is 12.1 Å². The molecule has 1 aromatic rings. The fourth-order valence-electron chi connectivity index (χ4n) is 1.80. The van der Waals surface area contributed by atoms with Crippen LogP contribution in [0.2, 0.25) is 0 Å². The van der Waals surface area contributed by atoms with Crippen LogP contribution in [0.25, 0.3) is 0 Å². The highest BCUT2D eigenvalue weighted by atomic mass is 16.1. The summed E-state index contributed by atoms with van der Waals surface area (Å²) in [5.41, 5.74) is 4.34. The fraction of sp³-hybridized carbons (Fsp3) is 0.500. The first-order chi connectivity index (χ1) is 7.06. The Labute approximate surface area is 93.5 Å². The molecule has 0 unspecified atom stereocenters. The van der Waals surface area contributed by atoms with Crippen molar-refractivity contribution >= 4 is 5.78 Å². The van der Waals surface area contributed by atoms with Gasteiger partial charge in [-0.05, 0) is 31.9 Å². The number of carbonyl (C=O) groups excluding carboxylic acids is 1. The van der Waals surface area contributed by atoms with Gasteiger partial charge in [0.25, 0.3) is 0 Å². The van der Waals surface area contributed by atoms with Gasteiger partial charge in [0.1, 0.15) is 0 Å². The first-order valence-corrected chi connectivity index (χ1v) is 5.67. The van der Waals surface area contributed by atoms with Crippen LogP contribution in [0.4, 0.5) is 0 Å². The molecule has 15 heavy (non-hydrogen) atoms. The molecule has 0 aliphatic rings. The lowest BCUT2D eigenvalue weighted by Gasteiger charge is -2.08. The second-order valence-corrected chi connectivity index (χ2v) is 3.55. The number of ketones is 1. The maximum atomic E-state index is 11.6. The fourth-order valence-corrected chi connectivity index (χ4v) is 1.80. The Morgan fingerprint density at radius 1 is 1.07 bits per heavy atom. The van der Waals surface area contributed by atoms with Gasteiger partial charge in [-0.1, -0.05) is 38.5 Å². The highest BCUT2D eigenvalue weighted by Gasteiger charge is 2.09. The summed E-state index contributed by atoms with van der Waals surface area (Å²) in [4.78, 5) is 11.6. The van der Waals surface area contributed by atoms with Crippen molar-refractivity contribution in [3.05, 3.63) is 34.4 Å². The van der Waals surface area contributed by atoms with E-state index >= 15 is 0 Å². The first kappa shape index (κ1) is 13.9. The summed E-state index contributed by atoms with van der Waals surface area (Å²) in [6.45, 7) is 12.0. The van der Waals surface area contributed by atoms with E-state index in [9.17, 15) is 4.79 Å². The van der Waals surface area contributed by atoms with E-state index in [1.807, 2.05) is 34.6 Å². The zero-order valence-corrected chi connectivity index (χ0v) is 10.8. The van der Waals surface area contributed by atoms with Gasteiger partial charge in [-0.25, -0.2) is 0 Å². The number of hydrogen-bond donors (Lipinski definition) is 0. The van der Waals surface area contributed by atoms with Gasteiger partial charge in [0, 0.05) is 12.0 Å². The van der Waals surface area contributed by atoms with Crippen LogP contribution < -0.4 is 0 Å². The quantitative estimate of drug-likeness (QED) is 0.662. The van der Waals surface area contributed by atoms with Gasteiger partial charge in [0.15, 0.2) is 5.78 Å². The maximum absolute atomic E-state index is 11.6. The second kappa shape index (κ2) is 6.39. The zero-order valence-electron chi connectivity index (χ0n) is 10.8. The van der Waals surface area contributed by atoms with Crippen molar-refractivity contribution in [3.8, 4) is 0 Å². The Kier molecular flexibility index (Phi) is 5.92. The van der Waals surface area contributed by atoms with Crippen molar-refractivity contribution in [3.63, 3.8) is 0 Å². The van der Waals surface area contributed by atoms with E-state index in [1.54, 1.807) is 0 Å². The summed E-state index contributed by atoms with van der Waals surface area (Å²) < 4.78 is 0. The van der Waals surface area contributed by atoms with Crippen molar-refractivity contribution in [2.45, 2.75) is 48.0 Å². The van der Waals surface area contributed by atoms with Crippen molar-refractivity contribution in [2.75, 3.05) is 0 Å². The Morgan fingerprint density at radius 2 is 1.47 bits per heavy atom. The highest BCUT2D eigenvalue weighted by molar-refractivity contribution is 5.98. The molecule has 84 valence electrons. The lowest BCUT2D eigenvalue weighted by Crippen LogP contribution is -2.03. The van der Waals surface area contributed by atoms with Crippen molar-refractivity contribution in [1.29, 1.82) is 0 Å². The Morgan fingerprint density at radius 3 is 1.80 bits per heavy atom. The van der Waals surface area contributed by atoms with Crippen LogP contribution in [0.5, 0.6) is 0 Å². The predicted molar refractivity (Wildman–Crippen MR) is 66.6 cm³/mol. The maximum Gasteiger partial charge on any atom is 0.163 e. The standard InChI is InChI=1S/C12H16O.C2H6/c1-5-11(13)12-9(3)6-8(2)7-10(12)4;1-2/h6-7H,5H2,1-4H3;1-2H3. The first-order valence-electron chi connectivity index (χ1n) is 5.67. The topological polar surface area (TPSA) is 17.1 Å². The summed E-state index contributed by atoms with van der Waals surface area (Å²) in [7, 11) is 0. The molecular formula is C14H22O. The zero-order chi connectivity index (χ0) is 12.0. The molecule has 0 fully saturated rings. The second-order valence-electron chi connectivity index (χ2n) is 3.55. The molecule has 0 aromatic heterocycles. The summed E-state index contributed by atoms with van der Waals surface area (Å²) in [5.74, 6) is 0.245. The van der Waals surface area contributed by atoms with Gasteiger partial charge in [0.2, 0.25) is 0 Å². The van der Waals surface area contributed by atoms with Crippen LogP contribution in [-0.4, -0.2) is 5.78 Å². The molecule has 0 spiro atoms. The third-order valence-electron chi connectivity index (χ3n) is 2.28. The third kappa shape index (κ3) is 3.50. The molecule has 0 heterocycles. The average Bonchev–Trinajstić information content (AvgIpc) is 2.19. The summed E-state index contributed by atoms with van der Waals surface area (Å²) in [5, 5.41) is 0. The van der Waals surface area contributed by atoms with E-state index in [1.165, 1.54) is 5.56 Å². The van der Waals surface area contributed by atoms with Gasteiger partial charge in [0.05, 0.1) is 0 Å². The molecule has 0 radical (unpaired) electrons. The molecule has 0 atom stereocenters. The van der Waals surface area contributed by atoms with Gasteiger partial charge in [-0.15, -0.1) is 0 Å². The lowest BCUT2D eigenvalue weighted by molar-refractivity contribution is 0.0987. The molecule has 0 N–H and O–H groups in total. The number of Topliss-reactive ketones (excluding diaryl/α,β-unsaturated/α-hetero) is 1. The Balaban J connectivity index is 0.000000921. The summed E-state index contributed by atoms with van der Waals surface area (Å²) in [6, 6.07) is 4.13. The van der Waals surface area contributed by atoms with E-state index in [4.69, 9.17) is 0 Å². The molecule has 0 aliphatic heterocycles. The van der Waals surface area contributed by atoms with E-state index in [-0.39, 0.29) is 5.78 Å². The van der Waals surface area contributed by atoms with Gasteiger partial charge < -0.3 is 0 Å². The minimum atomic E-state index is 0.245. The minimum absolute atomic E-state index is 0.245. The molecule has 1 aromatic carbocycles. The lowest BCUT2D eigenvalue weighted by atomic mass is 9.96. The van der Waals surface area contributed by atoms with Crippen LogP contribution in [0.1, 0.15) is 54.2 Å². The van der Waals surface area contributed by atoms with E-state index < -0.39 is 0 Å². The number of hydrogen-bond acceptors (Lipinski definition) is 1. The molecule has 1 rings (SSSR count). The van der Waals surface area contributed by atoms with E-state index in [0.717, 1.165) is 16.7 Å². The Bertz CT molecular complexity index is 314. The largest absolute Gasteiger partial charge is 0.294 e. The predicted octanol–water partition coefficient (Wildman–Crippen LogP) is 4.23. The summed E-state index contributed by atoms with van der Waals surface area (Å²) in [6.07, 6.45) is 0.588. The number of carbonyl (C=O) groups is 1. The van der Waals surface area contributed by atoms with Gasteiger partial charge in [-0.3, -0.25) is 4.79 Å². The molecule has 0 amide bonds. The van der Waals surface area contributed by atoms with Crippen LogP contribution in [-0.2, 0) is 0 Å². The van der Waals surface area contributed by atoms with E-state index in [2.05, 4.69) is 19.1 Å². The molecule has 0 saturated carbocycles. The van der Waals surface area contributed by atoms with Crippen LogP contribution >= 0.6 is 0 Å². The Hall–Kier alpha value is -1.11. The average molecular weight is 206 g/mol. The number of rotatable bonds is 2. The molecular weight excluding hydrogens is 184 g/mol. The SMILES string of the molecule is CC.CCC(=O)c1c(C)cc(C)cc1C. The smallest absolute Gasteiger partial charge is 0.163 e. The van der Waals surface area contributed by atoms with Crippen LogP contribution in [0.3, 0.4) is 0 Å². The molecule has 0 saturated heterocycles. The number of aryl methyl sites for hydroxylation is 3. The third-order valence-corrected chi connectivity index (χ3v) is 2.28. The van der Waals surface area contributed by atoms with Gasteiger partial charge >= 0.3 is 0 Å². The monoisotopic (exact) mass is 206 g/mol. The van der Waals surface area contributed by atoms with Crippen molar-refractivity contribution < 1.29 is 4.79 Å². The van der Waals surface area contributed by atoms with Gasteiger partial charge in [-0.2, -0.15) is 0 Å². The molecule has 1 heteroatoms. The van der Waals surface area contributed by atoms with Crippen LogP contribution in [0, 0.1) is 20.8 Å². The molecule has 0 aliphatic carbocycles. The minimum Gasteiger partial charge on any atom is -0.294 e. The number of benzene rings is 1.